The molecule has 0 bridgehead atoms. The highest BCUT2D eigenvalue weighted by atomic mass is 16.5. The lowest BCUT2D eigenvalue weighted by atomic mass is 10.2. The molecule has 4 rings (SSSR count). The zero-order valence-electron chi connectivity index (χ0n) is 18.3. The molecule has 0 saturated carbocycles. The van der Waals surface area contributed by atoms with Crippen LogP contribution in [0.5, 0.6) is 17.2 Å². The van der Waals surface area contributed by atoms with Gasteiger partial charge in [-0.05, 0) is 31.9 Å². The molecular formula is C23H28N4O4. The van der Waals surface area contributed by atoms with E-state index in [1.165, 1.54) is 0 Å². The van der Waals surface area contributed by atoms with Gasteiger partial charge < -0.3 is 29.0 Å². The number of nitrogens with zero attached hydrogens (tertiary/aromatic N) is 3. The van der Waals surface area contributed by atoms with Crippen LogP contribution in [-0.4, -0.2) is 48.4 Å². The van der Waals surface area contributed by atoms with E-state index < -0.39 is 0 Å². The molecule has 2 aromatic carbocycles. The van der Waals surface area contributed by atoms with E-state index in [1.807, 2.05) is 23.1 Å². The van der Waals surface area contributed by atoms with Crippen LogP contribution >= 0.6 is 0 Å². The highest BCUT2D eigenvalue weighted by molar-refractivity contribution is 5.91. The van der Waals surface area contributed by atoms with Crippen molar-refractivity contribution in [2.24, 2.45) is 0 Å². The molecule has 8 nitrogen and oxygen atoms in total. The van der Waals surface area contributed by atoms with Gasteiger partial charge in [0, 0.05) is 25.2 Å². The normalized spacial score (nSPS) is 15.9. The third-order valence-electron chi connectivity index (χ3n) is 5.73. The maximum atomic E-state index is 13.2. The standard InChI is InChI=1S/C23H28N4O4/c1-5-26-17-10-7-6-9-16(17)25-22(26)18-11-8-12-27(18)23(28)24-15-13-19(29-2)21(31-4)20(14-15)30-3/h6-7,9-10,13-14,18H,5,8,11-12H2,1-4H3,(H,24,28). The molecule has 164 valence electrons. The van der Waals surface area contributed by atoms with Crippen LogP contribution < -0.4 is 19.5 Å². The highest BCUT2D eigenvalue weighted by Gasteiger charge is 2.34. The average molecular weight is 425 g/mol. The van der Waals surface area contributed by atoms with Crippen LogP contribution in [0.4, 0.5) is 10.5 Å². The van der Waals surface area contributed by atoms with Crippen LogP contribution in [0.25, 0.3) is 11.0 Å². The zero-order chi connectivity index (χ0) is 22.0. The van der Waals surface area contributed by atoms with Crippen molar-refractivity contribution in [2.45, 2.75) is 32.4 Å². The average Bonchev–Trinajstić information content (AvgIpc) is 3.42. The maximum Gasteiger partial charge on any atom is 0.322 e. The van der Waals surface area contributed by atoms with Crippen molar-refractivity contribution in [1.29, 1.82) is 0 Å². The predicted molar refractivity (Wildman–Crippen MR) is 119 cm³/mol. The van der Waals surface area contributed by atoms with Gasteiger partial charge in [0.25, 0.3) is 0 Å². The summed E-state index contributed by atoms with van der Waals surface area (Å²) in [7, 11) is 4.65. The van der Waals surface area contributed by atoms with Gasteiger partial charge in [-0.1, -0.05) is 12.1 Å². The molecule has 3 aromatic rings. The largest absolute Gasteiger partial charge is 0.493 e. The third kappa shape index (κ3) is 3.73. The number of imidazole rings is 1. The number of methoxy groups -OCH3 is 3. The molecule has 1 unspecified atom stereocenters. The number of amides is 2. The number of likely N-dealkylation sites (tertiary alicyclic amines) is 1. The summed E-state index contributed by atoms with van der Waals surface area (Å²) in [6.07, 6.45) is 1.81. The molecule has 2 amide bonds. The smallest absolute Gasteiger partial charge is 0.322 e. The second kappa shape index (κ2) is 8.75. The number of urea groups is 1. The summed E-state index contributed by atoms with van der Waals surface area (Å²) >= 11 is 0. The Morgan fingerprint density at radius 1 is 1.13 bits per heavy atom. The summed E-state index contributed by atoms with van der Waals surface area (Å²) in [5.41, 5.74) is 2.63. The van der Waals surface area contributed by atoms with Crippen molar-refractivity contribution in [3.05, 3.63) is 42.2 Å². The van der Waals surface area contributed by atoms with E-state index in [1.54, 1.807) is 33.5 Å². The Hall–Kier alpha value is -3.42. The molecule has 1 fully saturated rings. The lowest BCUT2D eigenvalue weighted by Crippen LogP contribution is -2.35. The van der Waals surface area contributed by atoms with Crippen LogP contribution in [0.15, 0.2) is 36.4 Å². The number of carbonyl (C=O) groups excluding carboxylic acids is 1. The van der Waals surface area contributed by atoms with Crippen molar-refractivity contribution in [2.75, 3.05) is 33.2 Å². The van der Waals surface area contributed by atoms with Crippen LogP contribution in [-0.2, 0) is 6.54 Å². The van der Waals surface area contributed by atoms with E-state index >= 15 is 0 Å². The van der Waals surface area contributed by atoms with Gasteiger partial charge >= 0.3 is 6.03 Å². The van der Waals surface area contributed by atoms with E-state index in [0.717, 1.165) is 36.2 Å². The van der Waals surface area contributed by atoms with Crippen LogP contribution in [0, 0.1) is 0 Å². The Kier molecular flexibility index (Phi) is 5.88. The number of carbonyl (C=O) groups is 1. The Morgan fingerprint density at radius 2 is 1.84 bits per heavy atom. The molecule has 2 heterocycles. The van der Waals surface area contributed by atoms with Gasteiger partial charge in [-0.25, -0.2) is 9.78 Å². The second-order valence-electron chi connectivity index (χ2n) is 7.40. The number of hydrogen-bond donors (Lipinski definition) is 1. The summed E-state index contributed by atoms with van der Waals surface area (Å²) < 4.78 is 18.4. The molecular weight excluding hydrogens is 396 g/mol. The first-order valence-corrected chi connectivity index (χ1v) is 10.4. The molecule has 1 aromatic heterocycles. The highest BCUT2D eigenvalue weighted by Crippen LogP contribution is 2.40. The van der Waals surface area contributed by atoms with Gasteiger partial charge in [0.05, 0.1) is 44.1 Å². The van der Waals surface area contributed by atoms with Gasteiger partial charge in [0.1, 0.15) is 5.82 Å². The number of para-hydroxylation sites is 2. The van der Waals surface area contributed by atoms with E-state index in [9.17, 15) is 4.79 Å². The minimum atomic E-state index is -0.175. The Labute approximate surface area is 181 Å². The SMILES string of the molecule is CCn1c(C2CCCN2C(=O)Nc2cc(OC)c(OC)c(OC)c2)nc2ccccc21. The van der Waals surface area contributed by atoms with Crippen molar-refractivity contribution >= 4 is 22.8 Å². The fraction of sp³-hybridized carbons (Fsp3) is 0.391. The molecule has 1 aliphatic heterocycles. The minimum absolute atomic E-state index is 0.0746. The zero-order valence-corrected chi connectivity index (χ0v) is 18.3. The summed E-state index contributed by atoms with van der Waals surface area (Å²) in [6, 6.07) is 11.3. The molecule has 31 heavy (non-hydrogen) atoms. The first-order valence-electron chi connectivity index (χ1n) is 10.4. The molecule has 1 saturated heterocycles. The maximum absolute atomic E-state index is 13.2. The minimum Gasteiger partial charge on any atom is -0.493 e. The lowest BCUT2D eigenvalue weighted by molar-refractivity contribution is 0.204. The quantitative estimate of drug-likeness (QED) is 0.633. The molecule has 1 atom stereocenters. The van der Waals surface area contributed by atoms with Gasteiger partial charge in [-0.15, -0.1) is 0 Å². The number of rotatable bonds is 6. The van der Waals surface area contributed by atoms with Gasteiger partial charge in [0.15, 0.2) is 11.5 Å². The van der Waals surface area contributed by atoms with E-state index in [-0.39, 0.29) is 12.1 Å². The van der Waals surface area contributed by atoms with Crippen LogP contribution in [0.3, 0.4) is 0 Å². The van der Waals surface area contributed by atoms with Crippen LogP contribution in [0.2, 0.25) is 0 Å². The van der Waals surface area contributed by atoms with Crippen molar-refractivity contribution < 1.29 is 19.0 Å². The number of anilines is 1. The van der Waals surface area contributed by atoms with Crippen LogP contribution in [0.1, 0.15) is 31.6 Å². The number of aromatic nitrogens is 2. The van der Waals surface area contributed by atoms with Crippen molar-refractivity contribution in [1.82, 2.24) is 14.5 Å². The Bertz CT molecular complexity index is 1070. The number of ether oxygens (including phenoxy) is 3. The lowest BCUT2D eigenvalue weighted by Gasteiger charge is -2.25. The van der Waals surface area contributed by atoms with E-state index in [0.29, 0.717) is 29.5 Å². The van der Waals surface area contributed by atoms with Crippen molar-refractivity contribution in [3.63, 3.8) is 0 Å². The summed E-state index contributed by atoms with van der Waals surface area (Å²) in [5.74, 6) is 2.39. The van der Waals surface area contributed by atoms with E-state index in [4.69, 9.17) is 19.2 Å². The summed E-state index contributed by atoms with van der Waals surface area (Å²) in [6.45, 7) is 3.58. The van der Waals surface area contributed by atoms with Gasteiger partial charge in [-0.2, -0.15) is 0 Å². The molecule has 1 N–H and O–H groups in total. The number of aryl methyl sites for hydroxylation is 1. The third-order valence-corrected chi connectivity index (χ3v) is 5.73. The fourth-order valence-corrected chi connectivity index (χ4v) is 4.31. The van der Waals surface area contributed by atoms with Crippen molar-refractivity contribution in [3.8, 4) is 17.2 Å². The molecule has 0 spiro atoms. The first kappa shape index (κ1) is 20.8. The fourth-order valence-electron chi connectivity index (χ4n) is 4.31. The number of benzene rings is 2. The molecule has 8 heteroatoms. The Morgan fingerprint density at radius 3 is 2.48 bits per heavy atom. The predicted octanol–water partition coefficient (Wildman–Crippen LogP) is 4.45. The van der Waals surface area contributed by atoms with Gasteiger partial charge in [0.2, 0.25) is 5.75 Å². The number of hydrogen-bond acceptors (Lipinski definition) is 5. The monoisotopic (exact) mass is 424 g/mol. The molecule has 1 aliphatic rings. The summed E-state index contributed by atoms with van der Waals surface area (Å²) in [5, 5.41) is 2.99. The second-order valence-corrected chi connectivity index (χ2v) is 7.40. The molecule has 0 aliphatic carbocycles. The summed E-state index contributed by atoms with van der Waals surface area (Å²) in [4.78, 5) is 20.0. The van der Waals surface area contributed by atoms with E-state index in [2.05, 4.69) is 22.9 Å². The first-order chi connectivity index (χ1) is 15.1. The molecule has 0 radical (unpaired) electrons. The van der Waals surface area contributed by atoms with Gasteiger partial charge in [-0.3, -0.25) is 0 Å². The Balaban J connectivity index is 1.62. The number of fused-ring (bicyclic) bond motifs is 1. The number of nitrogens with one attached hydrogen (secondary N) is 1. The topological polar surface area (TPSA) is 77.9 Å².